The van der Waals surface area contributed by atoms with Gasteiger partial charge in [0.25, 0.3) is 0 Å². The predicted octanol–water partition coefficient (Wildman–Crippen LogP) is 2.65. The van der Waals surface area contributed by atoms with Crippen molar-refractivity contribution < 1.29 is 17.5 Å². The molecule has 0 radical (unpaired) electrons. The third kappa shape index (κ3) is 5.77. The largest absolute Gasteiger partial charge is 0.490 e. The van der Waals surface area contributed by atoms with Gasteiger partial charge in [-0.05, 0) is 49.3 Å². The zero-order chi connectivity index (χ0) is 16.0. The lowest BCUT2D eigenvalue weighted by Gasteiger charge is -2.09. The summed E-state index contributed by atoms with van der Waals surface area (Å²) in [7, 11) is -3.27. The number of hydrogen-bond donors (Lipinski definition) is 1. The molecule has 22 heavy (non-hydrogen) atoms. The summed E-state index contributed by atoms with van der Waals surface area (Å²) in [6, 6.07) is 4.66. The van der Waals surface area contributed by atoms with E-state index >= 15 is 0 Å². The zero-order valence-electron chi connectivity index (χ0n) is 12.6. The molecule has 0 aliphatic heterocycles. The van der Waals surface area contributed by atoms with Crippen molar-refractivity contribution in [1.82, 2.24) is 4.72 Å². The van der Waals surface area contributed by atoms with Crippen molar-refractivity contribution in [2.45, 2.75) is 25.7 Å². The molecular weight excluding hydrogens is 305 g/mol. The van der Waals surface area contributed by atoms with Crippen LogP contribution in [-0.2, 0) is 16.4 Å². The minimum Gasteiger partial charge on any atom is -0.490 e. The highest BCUT2D eigenvalue weighted by Crippen LogP contribution is 2.30. The molecule has 1 aromatic rings. The Morgan fingerprint density at radius 1 is 1.41 bits per heavy atom. The van der Waals surface area contributed by atoms with E-state index in [1.165, 1.54) is 6.07 Å². The van der Waals surface area contributed by atoms with Crippen molar-refractivity contribution in [2.75, 3.05) is 18.9 Å². The summed E-state index contributed by atoms with van der Waals surface area (Å²) in [5, 5.41) is 0. The molecule has 0 amide bonds. The first-order valence-corrected chi connectivity index (χ1v) is 9.15. The van der Waals surface area contributed by atoms with Gasteiger partial charge in [-0.25, -0.2) is 17.5 Å². The fourth-order valence-corrected chi connectivity index (χ4v) is 3.00. The first-order valence-electron chi connectivity index (χ1n) is 7.49. The Bertz CT molecular complexity index is 612. The monoisotopic (exact) mass is 327 g/mol. The average Bonchev–Trinajstić information content (AvgIpc) is 3.29. The summed E-state index contributed by atoms with van der Waals surface area (Å²) in [4.78, 5) is 0. The highest BCUT2D eigenvalue weighted by atomic mass is 32.2. The molecular formula is C16H22FNO3S. The topological polar surface area (TPSA) is 55.4 Å². The average molecular weight is 327 g/mol. The van der Waals surface area contributed by atoms with Crippen LogP contribution >= 0.6 is 0 Å². The van der Waals surface area contributed by atoms with Crippen LogP contribution in [0.15, 0.2) is 30.9 Å². The van der Waals surface area contributed by atoms with Crippen LogP contribution in [0.2, 0.25) is 0 Å². The van der Waals surface area contributed by atoms with Crippen LogP contribution in [-0.4, -0.2) is 27.3 Å². The van der Waals surface area contributed by atoms with Crippen LogP contribution in [0.3, 0.4) is 0 Å². The molecule has 0 aromatic heterocycles. The first-order chi connectivity index (χ1) is 10.5. The molecule has 4 nitrogen and oxygen atoms in total. The Balaban J connectivity index is 1.84. The van der Waals surface area contributed by atoms with Gasteiger partial charge in [-0.1, -0.05) is 12.1 Å². The number of rotatable bonds is 10. The summed E-state index contributed by atoms with van der Waals surface area (Å²) in [5.41, 5.74) is 0.846. The van der Waals surface area contributed by atoms with Gasteiger partial charge < -0.3 is 4.74 Å². The van der Waals surface area contributed by atoms with Crippen molar-refractivity contribution in [1.29, 1.82) is 0 Å². The maximum Gasteiger partial charge on any atom is 0.211 e. The fraction of sp³-hybridized carbons (Fsp3) is 0.500. The standard InChI is InChI=1S/C16H22FNO3S/c1-2-3-10-22(19,20)18-9-8-13-6-7-15(17)16(11-13)21-12-14-4-5-14/h2,6-7,11,14,18H,1,3-5,8-10,12H2. The maximum atomic E-state index is 13.6. The van der Waals surface area contributed by atoms with E-state index in [0.29, 0.717) is 25.4 Å². The Morgan fingerprint density at radius 2 is 2.18 bits per heavy atom. The summed E-state index contributed by atoms with van der Waals surface area (Å²) < 4.78 is 44.9. The van der Waals surface area contributed by atoms with Gasteiger partial charge in [0, 0.05) is 6.54 Å². The number of halogens is 1. The maximum absolute atomic E-state index is 13.6. The van der Waals surface area contributed by atoms with Gasteiger partial charge in [-0.3, -0.25) is 0 Å². The highest BCUT2D eigenvalue weighted by Gasteiger charge is 2.22. The lowest BCUT2D eigenvalue weighted by Crippen LogP contribution is -2.28. The molecule has 6 heteroatoms. The Hall–Kier alpha value is -1.40. The second-order valence-electron chi connectivity index (χ2n) is 5.56. The molecule has 0 atom stereocenters. The molecule has 0 bridgehead atoms. The minimum atomic E-state index is -3.27. The van der Waals surface area contributed by atoms with Crippen LogP contribution in [0, 0.1) is 11.7 Å². The van der Waals surface area contributed by atoms with E-state index in [9.17, 15) is 12.8 Å². The van der Waals surface area contributed by atoms with E-state index in [4.69, 9.17) is 4.74 Å². The molecule has 0 spiro atoms. The SMILES string of the molecule is C=CCCS(=O)(=O)NCCc1ccc(F)c(OCC2CC2)c1. The number of hydrogen-bond acceptors (Lipinski definition) is 3. The van der Waals surface area contributed by atoms with Crippen molar-refractivity contribution in [2.24, 2.45) is 5.92 Å². The van der Waals surface area contributed by atoms with E-state index in [0.717, 1.165) is 18.4 Å². The van der Waals surface area contributed by atoms with Gasteiger partial charge in [0.15, 0.2) is 11.6 Å². The van der Waals surface area contributed by atoms with Gasteiger partial charge in [0.2, 0.25) is 10.0 Å². The molecule has 122 valence electrons. The molecule has 0 heterocycles. The summed E-state index contributed by atoms with van der Waals surface area (Å²) in [6.45, 7) is 4.34. The van der Waals surface area contributed by atoms with E-state index in [1.807, 2.05) is 0 Å². The third-order valence-electron chi connectivity index (χ3n) is 3.49. The lowest BCUT2D eigenvalue weighted by atomic mass is 10.1. The first kappa shape index (κ1) is 17.0. The Kier molecular flexibility index (Phi) is 5.97. The predicted molar refractivity (Wildman–Crippen MR) is 84.9 cm³/mol. The Labute approximate surface area is 131 Å². The number of benzene rings is 1. The normalized spacial score (nSPS) is 14.8. The molecule has 1 fully saturated rings. The highest BCUT2D eigenvalue weighted by molar-refractivity contribution is 7.89. The molecule has 0 saturated heterocycles. The van der Waals surface area contributed by atoms with Gasteiger partial charge in [0.1, 0.15) is 0 Å². The second-order valence-corrected chi connectivity index (χ2v) is 7.49. The smallest absolute Gasteiger partial charge is 0.211 e. The quantitative estimate of drug-likeness (QED) is 0.672. The Morgan fingerprint density at radius 3 is 2.86 bits per heavy atom. The van der Waals surface area contributed by atoms with E-state index in [2.05, 4.69) is 11.3 Å². The van der Waals surface area contributed by atoms with Gasteiger partial charge in [0.05, 0.1) is 12.4 Å². The molecule has 2 rings (SSSR count). The van der Waals surface area contributed by atoms with E-state index < -0.39 is 10.0 Å². The van der Waals surface area contributed by atoms with Crippen molar-refractivity contribution in [3.63, 3.8) is 0 Å². The molecule has 1 N–H and O–H groups in total. The third-order valence-corrected chi connectivity index (χ3v) is 4.91. The number of ether oxygens (including phenoxy) is 1. The summed E-state index contributed by atoms with van der Waals surface area (Å²) in [6.07, 6.45) is 4.78. The molecule has 0 unspecified atom stereocenters. The number of nitrogens with one attached hydrogen (secondary N) is 1. The van der Waals surface area contributed by atoms with Crippen LogP contribution in [0.1, 0.15) is 24.8 Å². The molecule has 1 aromatic carbocycles. The molecule has 1 aliphatic rings. The number of allylic oxidation sites excluding steroid dienone is 1. The molecule has 1 aliphatic carbocycles. The van der Waals surface area contributed by atoms with Gasteiger partial charge in [-0.15, -0.1) is 6.58 Å². The van der Waals surface area contributed by atoms with Crippen LogP contribution in [0.4, 0.5) is 4.39 Å². The molecule has 1 saturated carbocycles. The second kappa shape index (κ2) is 7.74. The summed E-state index contributed by atoms with van der Waals surface area (Å²) >= 11 is 0. The summed E-state index contributed by atoms with van der Waals surface area (Å²) in [5.74, 6) is 0.463. The van der Waals surface area contributed by atoms with Gasteiger partial charge >= 0.3 is 0 Å². The van der Waals surface area contributed by atoms with Crippen LogP contribution in [0.25, 0.3) is 0 Å². The number of sulfonamides is 1. The van der Waals surface area contributed by atoms with Crippen molar-refractivity contribution >= 4 is 10.0 Å². The van der Waals surface area contributed by atoms with Crippen molar-refractivity contribution in [3.05, 3.63) is 42.2 Å². The minimum absolute atomic E-state index is 0.0374. The van der Waals surface area contributed by atoms with E-state index in [1.54, 1.807) is 18.2 Å². The van der Waals surface area contributed by atoms with Crippen LogP contribution in [0.5, 0.6) is 5.75 Å². The zero-order valence-corrected chi connectivity index (χ0v) is 13.4. The van der Waals surface area contributed by atoms with Crippen LogP contribution < -0.4 is 9.46 Å². The lowest BCUT2D eigenvalue weighted by molar-refractivity contribution is 0.285. The van der Waals surface area contributed by atoms with Gasteiger partial charge in [-0.2, -0.15) is 0 Å². The van der Waals surface area contributed by atoms with E-state index in [-0.39, 0.29) is 23.9 Å². The fourth-order valence-electron chi connectivity index (χ4n) is 1.97. The van der Waals surface area contributed by atoms with Crippen molar-refractivity contribution in [3.8, 4) is 5.75 Å².